The summed E-state index contributed by atoms with van der Waals surface area (Å²) in [5, 5.41) is 2.78. The number of benzene rings is 1. The monoisotopic (exact) mass is 274 g/mol. The Morgan fingerprint density at radius 1 is 1.22 bits per heavy atom. The van der Waals surface area contributed by atoms with E-state index in [0.29, 0.717) is 0 Å². The van der Waals surface area contributed by atoms with Gasteiger partial charge in [-0.2, -0.15) is 0 Å². The van der Waals surface area contributed by atoms with Gasteiger partial charge in [-0.1, -0.05) is 29.8 Å². The molecule has 1 N–H and O–H groups in total. The number of aromatic amines is 1. The smallest absolute Gasteiger partial charge is 0.148 e. The van der Waals surface area contributed by atoms with Crippen molar-refractivity contribution in [3.05, 3.63) is 52.5 Å². The minimum atomic E-state index is 0.729. The van der Waals surface area contributed by atoms with Gasteiger partial charge in [0.1, 0.15) is 5.82 Å². The Balaban J connectivity index is 2.09. The van der Waals surface area contributed by atoms with Crippen molar-refractivity contribution < 1.29 is 0 Å². The molecule has 0 spiro atoms. The molecule has 3 rings (SSSR count). The first kappa shape index (κ1) is 11.5. The van der Waals surface area contributed by atoms with Crippen LogP contribution in [0.5, 0.6) is 0 Å². The number of imidazole rings is 1. The van der Waals surface area contributed by atoms with Crippen LogP contribution in [0.25, 0.3) is 22.0 Å². The summed E-state index contributed by atoms with van der Waals surface area (Å²) in [4.78, 5) is 9.13. The van der Waals surface area contributed by atoms with Gasteiger partial charge in [0.25, 0.3) is 0 Å². The second-order valence-corrected chi connectivity index (χ2v) is 5.43. The van der Waals surface area contributed by atoms with Crippen LogP contribution in [-0.4, -0.2) is 9.97 Å². The second kappa shape index (κ2) is 4.59. The SMILES string of the molecule is Cc1[nH]c(-c2cccs2)nc1-c1cccc(Cl)c1. The highest BCUT2D eigenvalue weighted by molar-refractivity contribution is 7.13. The highest BCUT2D eigenvalue weighted by atomic mass is 35.5. The van der Waals surface area contributed by atoms with Crippen molar-refractivity contribution in [3.8, 4) is 22.0 Å². The molecule has 0 aliphatic heterocycles. The Kier molecular flexibility index (Phi) is 2.94. The number of aromatic nitrogens is 2. The van der Waals surface area contributed by atoms with Crippen LogP contribution in [0.15, 0.2) is 41.8 Å². The molecule has 0 amide bonds. The van der Waals surface area contributed by atoms with E-state index < -0.39 is 0 Å². The number of halogens is 1. The summed E-state index contributed by atoms with van der Waals surface area (Å²) in [7, 11) is 0. The quantitative estimate of drug-likeness (QED) is 0.717. The average molecular weight is 275 g/mol. The summed E-state index contributed by atoms with van der Waals surface area (Å²) < 4.78 is 0. The lowest BCUT2D eigenvalue weighted by Gasteiger charge is -1.98. The van der Waals surface area contributed by atoms with Gasteiger partial charge in [-0.3, -0.25) is 0 Å². The van der Waals surface area contributed by atoms with E-state index in [1.807, 2.05) is 42.6 Å². The number of nitrogens with zero attached hydrogens (tertiary/aromatic N) is 1. The van der Waals surface area contributed by atoms with Gasteiger partial charge in [0, 0.05) is 16.3 Å². The molecule has 0 bridgehead atoms. The molecule has 90 valence electrons. The van der Waals surface area contributed by atoms with Crippen molar-refractivity contribution in [3.63, 3.8) is 0 Å². The van der Waals surface area contributed by atoms with Gasteiger partial charge in [-0.25, -0.2) is 4.98 Å². The fraction of sp³-hybridized carbons (Fsp3) is 0.0714. The maximum Gasteiger partial charge on any atom is 0.148 e. The summed E-state index contributed by atoms with van der Waals surface area (Å²) in [5.41, 5.74) is 3.06. The molecular weight excluding hydrogens is 264 g/mol. The first-order valence-electron chi connectivity index (χ1n) is 5.60. The molecule has 18 heavy (non-hydrogen) atoms. The van der Waals surface area contributed by atoms with E-state index in [1.165, 1.54) is 0 Å². The van der Waals surface area contributed by atoms with Crippen molar-refractivity contribution in [2.24, 2.45) is 0 Å². The van der Waals surface area contributed by atoms with Gasteiger partial charge in [0.2, 0.25) is 0 Å². The summed E-state index contributed by atoms with van der Waals surface area (Å²) in [6.07, 6.45) is 0. The summed E-state index contributed by atoms with van der Waals surface area (Å²) in [6.45, 7) is 2.03. The third-order valence-electron chi connectivity index (χ3n) is 2.74. The number of hydrogen-bond donors (Lipinski definition) is 1. The lowest BCUT2D eigenvalue weighted by Crippen LogP contribution is -1.80. The molecule has 1 aromatic carbocycles. The lowest BCUT2D eigenvalue weighted by atomic mass is 10.1. The van der Waals surface area contributed by atoms with Crippen LogP contribution < -0.4 is 0 Å². The zero-order valence-electron chi connectivity index (χ0n) is 9.77. The van der Waals surface area contributed by atoms with Crippen molar-refractivity contribution >= 4 is 22.9 Å². The molecule has 2 aromatic heterocycles. The van der Waals surface area contributed by atoms with Gasteiger partial charge >= 0.3 is 0 Å². The zero-order valence-corrected chi connectivity index (χ0v) is 11.3. The zero-order chi connectivity index (χ0) is 12.5. The third kappa shape index (κ3) is 2.07. The molecule has 0 atom stereocenters. The third-order valence-corrected chi connectivity index (χ3v) is 3.85. The van der Waals surface area contributed by atoms with Crippen LogP contribution >= 0.6 is 22.9 Å². The van der Waals surface area contributed by atoms with Gasteiger partial charge in [-0.05, 0) is 30.5 Å². The number of H-pyrrole nitrogens is 1. The van der Waals surface area contributed by atoms with Gasteiger partial charge in [0.05, 0.1) is 10.6 Å². The minimum absolute atomic E-state index is 0.729. The number of thiophene rings is 1. The van der Waals surface area contributed by atoms with E-state index in [4.69, 9.17) is 11.6 Å². The fourth-order valence-corrected chi connectivity index (χ4v) is 2.77. The lowest BCUT2D eigenvalue weighted by molar-refractivity contribution is 1.26. The molecule has 0 radical (unpaired) electrons. The number of nitrogens with one attached hydrogen (secondary N) is 1. The van der Waals surface area contributed by atoms with Crippen LogP contribution in [-0.2, 0) is 0 Å². The molecular formula is C14H11ClN2S. The van der Waals surface area contributed by atoms with Crippen LogP contribution in [0, 0.1) is 6.92 Å². The van der Waals surface area contributed by atoms with Crippen molar-refractivity contribution in [1.29, 1.82) is 0 Å². The first-order valence-corrected chi connectivity index (χ1v) is 6.86. The van der Waals surface area contributed by atoms with E-state index in [2.05, 4.69) is 16.0 Å². The molecule has 0 saturated heterocycles. The van der Waals surface area contributed by atoms with Gasteiger partial charge in [0.15, 0.2) is 0 Å². The van der Waals surface area contributed by atoms with Crippen LogP contribution in [0.2, 0.25) is 5.02 Å². The van der Waals surface area contributed by atoms with Gasteiger partial charge in [-0.15, -0.1) is 11.3 Å². The Bertz CT molecular complexity index is 671. The Morgan fingerprint density at radius 3 is 2.83 bits per heavy atom. The predicted molar refractivity (Wildman–Crippen MR) is 77.1 cm³/mol. The molecule has 4 heteroatoms. The minimum Gasteiger partial charge on any atom is -0.341 e. The van der Waals surface area contributed by atoms with E-state index in [0.717, 1.165) is 32.7 Å². The molecule has 2 nitrogen and oxygen atoms in total. The number of hydrogen-bond acceptors (Lipinski definition) is 2. The first-order chi connectivity index (χ1) is 8.74. The standard InChI is InChI=1S/C14H11ClN2S/c1-9-13(10-4-2-5-11(15)8-10)17-14(16-9)12-6-3-7-18-12/h2-8H,1H3,(H,16,17). The molecule has 0 fully saturated rings. The largest absolute Gasteiger partial charge is 0.341 e. The van der Waals surface area contributed by atoms with Crippen LogP contribution in [0.4, 0.5) is 0 Å². The summed E-state index contributed by atoms with van der Waals surface area (Å²) in [6, 6.07) is 11.8. The Labute approximate surface area is 114 Å². The van der Waals surface area contributed by atoms with E-state index >= 15 is 0 Å². The second-order valence-electron chi connectivity index (χ2n) is 4.05. The average Bonchev–Trinajstić information content (AvgIpc) is 2.97. The molecule has 2 heterocycles. The molecule has 0 aliphatic carbocycles. The normalized spacial score (nSPS) is 10.8. The van der Waals surface area contributed by atoms with Crippen molar-refractivity contribution in [2.45, 2.75) is 6.92 Å². The highest BCUT2D eigenvalue weighted by Crippen LogP contribution is 2.29. The summed E-state index contributed by atoms with van der Waals surface area (Å²) in [5.74, 6) is 0.914. The fourth-order valence-electron chi connectivity index (χ4n) is 1.91. The number of rotatable bonds is 2. The van der Waals surface area contributed by atoms with E-state index in [9.17, 15) is 0 Å². The Hall–Kier alpha value is -1.58. The summed E-state index contributed by atoms with van der Waals surface area (Å²) >= 11 is 7.69. The van der Waals surface area contributed by atoms with Crippen LogP contribution in [0.1, 0.15) is 5.69 Å². The van der Waals surface area contributed by atoms with E-state index in [-0.39, 0.29) is 0 Å². The number of aryl methyl sites for hydroxylation is 1. The van der Waals surface area contributed by atoms with Crippen molar-refractivity contribution in [2.75, 3.05) is 0 Å². The highest BCUT2D eigenvalue weighted by Gasteiger charge is 2.11. The van der Waals surface area contributed by atoms with E-state index in [1.54, 1.807) is 11.3 Å². The molecule has 0 unspecified atom stereocenters. The maximum absolute atomic E-state index is 6.02. The van der Waals surface area contributed by atoms with Crippen LogP contribution in [0.3, 0.4) is 0 Å². The van der Waals surface area contributed by atoms with Gasteiger partial charge < -0.3 is 4.98 Å². The maximum atomic E-state index is 6.02. The molecule has 0 aliphatic rings. The molecule has 0 saturated carbocycles. The topological polar surface area (TPSA) is 28.7 Å². The Morgan fingerprint density at radius 2 is 2.11 bits per heavy atom. The van der Waals surface area contributed by atoms with Crippen molar-refractivity contribution in [1.82, 2.24) is 9.97 Å². The molecule has 3 aromatic rings. The predicted octanol–water partition coefficient (Wildman–Crippen LogP) is 4.77.